The lowest BCUT2D eigenvalue weighted by Gasteiger charge is -2.30. The van der Waals surface area contributed by atoms with Crippen molar-refractivity contribution < 1.29 is 13.2 Å². The zero-order valence-electron chi connectivity index (χ0n) is 15.7. The van der Waals surface area contributed by atoms with Gasteiger partial charge in [-0.15, -0.1) is 0 Å². The van der Waals surface area contributed by atoms with Crippen LogP contribution in [-0.4, -0.2) is 30.3 Å². The first-order chi connectivity index (χ1) is 13.8. The van der Waals surface area contributed by atoms with Crippen LogP contribution in [0, 0.1) is 5.92 Å². The van der Waals surface area contributed by atoms with Crippen LogP contribution in [0.25, 0.3) is 16.9 Å². The molecule has 29 heavy (non-hydrogen) atoms. The van der Waals surface area contributed by atoms with E-state index in [4.69, 9.17) is 16.6 Å². The van der Waals surface area contributed by atoms with E-state index in [1.54, 1.807) is 23.0 Å². The normalized spacial score (nSPS) is 20.3. The molecular weight excluding hydrogens is 407 g/mol. The average molecular weight is 426 g/mol. The van der Waals surface area contributed by atoms with E-state index in [0.29, 0.717) is 36.5 Å². The molecule has 1 aliphatic rings. The molecule has 0 atom stereocenters. The van der Waals surface area contributed by atoms with Gasteiger partial charge in [-0.2, -0.15) is 13.2 Å². The van der Waals surface area contributed by atoms with E-state index in [2.05, 4.69) is 9.97 Å². The Morgan fingerprint density at radius 1 is 1.17 bits per heavy atom. The number of nitrogens with zero attached hydrogens (tertiary/aromatic N) is 5. The molecule has 0 saturated heterocycles. The first-order valence-electron chi connectivity index (χ1n) is 9.46. The lowest BCUT2D eigenvalue weighted by atomic mass is 9.81. The maximum Gasteiger partial charge on any atom is 0.391 e. The molecule has 1 saturated carbocycles. The van der Waals surface area contributed by atoms with E-state index in [9.17, 15) is 18.0 Å². The van der Waals surface area contributed by atoms with Gasteiger partial charge in [-0.05, 0) is 44.7 Å². The first-order valence-corrected chi connectivity index (χ1v) is 9.83. The summed E-state index contributed by atoms with van der Waals surface area (Å²) >= 11 is 5.87. The lowest BCUT2D eigenvalue weighted by Crippen LogP contribution is -2.31. The van der Waals surface area contributed by atoms with Crippen LogP contribution in [-0.2, 0) is 6.54 Å². The van der Waals surface area contributed by atoms with Gasteiger partial charge in [0.2, 0.25) is 0 Å². The fraction of sp³-hybridized carbons (Fsp3) is 0.474. The van der Waals surface area contributed by atoms with Crippen molar-refractivity contribution in [3.8, 4) is 5.69 Å². The quantitative estimate of drug-likeness (QED) is 0.580. The molecule has 0 unspecified atom stereocenters. The molecule has 0 N–H and O–H groups in total. The Kier molecular flexibility index (Phi) is 5.10. The fourth-order valence-electron chi connectivity index (χ4n) is 3.95. The molecule has 0 aromatic carbocycles. The maximum absolute atomic E-state index is 13.2. The van der Waals surface area contributed by atoms with Gasteiger partial charge in [0.05, 0.1) is 24.1 Å². The zero-order chi connectivity index (χ0) is 20.8. The van der Waals surface area contributed by atoms with Crippen LogP contribution in [0.15, 0.2) is 29.5 Å². The third-order valence-electron chi connectivity index (χ3n) is 5.53. The minimum atomic E-state index is -4.19. The van der Waals surface area contributed by atoms with Crippen LogP contribution in [0.2, 0.25) is 5.15 Å². The number of halogens is 4. The van der Waals surface area contributed by atoms with Crippen LogP contribution in [0.3, 0.4) is 0 Å². The standard InChI is InChI=1S/C19H19ClF3N5O/c1-2-27-10-25-15-17(27)26-16(11-3-5-12(6-4-11)19(21,22)23)28(18(15)29)13-7-8-14(20)24-9-13/h7-12H,2-6H2,1H3. The van der Waals surface area contributed by atoms with E-state index in [0.717, 1.165) is 0 Å². The van der Waals surface area contributed by atoms with Crippen LogP contribution in [0.4, 0.5) is 13.2 Å². The number of pyridine rings is 1. The minimum absolute atomic E-state index is 0.0218. The summed E-state index contributed by atoms with van der Waals surface area (Å²) in [5.74, 6) is -1.12. The van der Waals surface area contributed by atoms with Crippen LogP contribution in [0.1, 0.15) is 44.3 Å². The summed E-state index contributed by atoms with van der Waals surface area (Å²) in [5, 5.41) is 0.276. The van der Waals surface area contributed by atoms with Gasteiger partial charge in [0.1, 0.15) is 11.0 Å². The summed E-state index contributed by atoms with van der Waals surface area (Å²) in [4.78, 5) is 26.2. The smallest absolute Gasteiger partial charge is 0.315 e. The van der Waals surface area contributed by atoms with Gasteiger partial charge in [-0.3, -0.25) is 9.36 Å². The number of hydrogen-bond donors (Lipinski definition) is 0. The highest BCUT2D eigenvalue weighted by atomic mass is 35.5. The Balaban J connectivity index is 1.84. The third-order valence-corrected chi connectivity index (χ3v) is 5.75. The van der Waals surface area contributed by atoms with E-state index in [1.165, 1.54) is 10.8 Å². The van der Waals surface area contributed by atoms with Crippen molar-refractivity contribution in [2.45, 2.75) is 51.2 Å². The highest BCUT2D eigenvalue weighted by Gasteiger charge is 2.42. The number of hydrogen-bond acceptors (Lipinski definition) is 4. The highest BCUT2D eigenvalue weighted by molar-refractivity contribution is 6.29. The van der Waals surface area contributed by atoms with Gasteiger partial charge in [0, 0.05) is 12.5 Å². The number of rotatable bonds is 3. The van der Waals surface area contributed by atoms with Gasteiger partial charge in [0.25, 0.3) is 5.56 Å². The summed E-state index contributed by atoms with van der Waals surface area (Å²) in [5.41, 5.74) is 0.769. The molecule has 154 valence electrons. The van der Waals surface area contributed by atoms with Crippen molar-refractivity contribution >= 4 is 22.8 Å². The van der Waals surface area contributed by atoms with Gasteiger partial charge in [-0.1, -0.05) is 11.6 Å². The zero-order valence-corrected chi connectivity index (χ0v) is 16.4. The van der Waals surface area contributed by atoms with Gasteiger partial charge in [-0.25, -0.2) is 15.0 Å². The summed E-state index contributed by atoms with van der Waals surface area (Å²) in [6, 6.07) is 3.20. The molecule has 3 heterocycles. The molecule has 3 aromatic heterocycles. The molecule has 1 fully saturated rings. The second-order valence-corrected chi connectivity index (χ2v) is 7.63. The number of imidazole rings is 1. The summed E-state index contributed by atoms with van der Waals surface area (Å²) in [6.45, 7) is 2.49. The summed E-state index contributed by atoms with van der Waals surface area (Å²) < 4.78 is 42.4. The predicted molar refractivity (Wildman–Crippen MR) is 102 cm³/mol. The molecule has 0 bridgehead atoms. The minimum Gasteiger partial charge on any atom is -0.315 e. The number of fused-ring (bicyclic) bond motifs is 1. The second-order valence-electron chi connectivity index (χ2n) is 7.24. The molecular formula is C19H19ClF3N5O. The van der Waals surface area contributed by atoms with E-state index < -0.39 is 12.1 Å². The first kappa shape index (κ1) is 19.9. The lowest BCUT2D eigenvalue weighted by molar-refractivity contribution is -0.182. The molecule has 4 rings (SSSR count). The Bertz CT molecular complexity index is 1080. The molecule has 6 nitrogen and oxygen atoms in total. The topological polar surface area (TPSA) is 65.6 Å². The van der Waals surface area contributed by atoms with E-state index >= 15 is 0 Å². The Morgan fingerprint density at radius 2 is 1.90 bits per heavy atom. The molecule has 1 aliphatic carbocycles. The Morgan fingerprint density at radius 3 is 2.48 bits per heavy atom. The van der Waals surface area contributed by atoms with Gasteiger partial charge < -0.3 is 4.57 Å². The molecule has 10 heteroatoms. The van der Waals surface area contributed by atoms with Crippen molar-refractivity contribution in [2.24, 2.45) is 5.92 Å². The predicted octanol–water partition coefficient (Wildman–Crippen LogP) is 4.49. The van der Waals surface area contributed by atoms with Crippen LogP contribution in [0.5, 0.6) is 0 Å². The fourth-order valence-corrected chi connectivity index (χ4v) is 4.06. The average Bonchev–Trinajstić information content (AvgIpc) is 3.12. The number of aromatic nitrogens is 5. The van der Waals surface area contributed by atoms with Crippen molar-refractivity contribution in [3.63, 3.8) is 0 Å². The largest absolute Gasteiger partial charge is 0.391 e. The monoisotopic (exact) mass is 425 g/mol. The highest BCUT2D eigenvalue weighted by Crippen LogP contribution is 2.42. The SMILES string of the molecule is CCn1cnc2c(=O)n(-c3ccc(Cl)nc3)c(C3CCC(C(F)(F)F)CC3)nc21. The van der Waals surface area contributed by atoms with Crippen molar-refractivity contribution in [1.82, 2.24) is 24.1 Å². The van der Waals surface area contributed by atoms with Gasteiger partial charge >= 0.3 is 6.18 Å². The molecule has 0 amide bonds. The Hall–Kier alpha value is -2.42. The molecule has 3 aromatic rings. The molecule has 0 aliphatic heterocycles. The summed E-state index contributed by atoms with van der Waals surface area (Å²) in [6.07, 6.45) is -0.523. The van der Waals surface area contributed by atoms with Crippen molar-refractivity contribution in [2.75, 3.05) is 0 Å². The molecule has 0 spiro atoms. The third kappa shape index (κ3) is 3.63. The Labute approximate surface area is 169 Å². The van der Waals surface area contributed by atoms with E-state index in [1.807, 2.05) is 6.92 Å². The maximum atomic E-state index is 13.2. The number of aryl methyl sites for hydroxylation is 1. The van der Waals surface area contributed by atoms with Crippen LogP contribution >= 0.6 is 11.6 Å². The molecule has 0 radical (unpaired) electrons. The van der Waals surface area contributed by atoms with E-state index in [-0.39, 0.29) is 35.0 Å². The van der Waals surface area contributed by atoms with Crippen molar-refractivity contribution in [3.05, 3.63) is 46.0 Å². The van der Waals surface area contributed by atoms with Crippen molar-refractivity contribution in [1.29, 1.82) is 0 Å². The summed E-state index contributed by atoms with van der Waals surface area (Å²) in [7, 11) is 0. The number of alkyl halides is 3. The second kappa shape index (κ2) is 7.44. The van der Waals surface area contributed by atoms with Gasteiger partial charge in [0.15, 0.2) is 11.2 Å². The van der Waals surface area contributed by atoms with Crippen LogP contribution < -0.4 is 5.56 Å².